The van der Waals surface area contributed by atoms with Gasteiger partial charge in [0.1, 0.15) is 18.2 Å². The van der Waals surface area contributed by atoms with Gasteiger partial charge in [0, 0.05) is 11.1 Å². The Balaban J connectivity index is 1.56. The third-order valence-electron chi connectivity index (χ3n) is 6.90. The molecule has 0 aliphatic rings. The van der Waals surface area contributed by atoms with Crippen molar-refractivity contribution < 1.29 is 18.6 Å². The Hall–Kier alpha value is -4.70. The zero-order valence-electron chi connectivity index (χ0n) is 20.5. The van der Waals surface area contributed by atoms with E-state index in [2.05, 4.69) is 12.1 Å². The molecule has 0 amide bonds. The van der Waals surface area contributed by atoms with Crippen LogP contribution in [0.15, 0.2) is 115 Å². The van der Waals surface area contributed by atoms with Gasteiger partial charge < -0.3 is 9.84 Å². The summed E-state index contributed by atoms with van der Waals surface area (Å²) in [6, 6.07) is 34.7. The van der Waals surface area contributed by atoms with Crippen molar-refractivity contribution in [2.24, 2.45) is 0 Å². The Kier molecular flexibility index (Phi) is 6.22. The number of phenolic OH excluding ortho intramolecular Hbond substituents is 1. The molecule has 6 aromatic carbocycles. The van der Waals surface area contributed by atoms with E-state index in [1.54, 1.807) is 36.4 Å². The summed E-state index contributed by atoms with van der Waals surface area (Å²) in [5.41, 5.74) is 3.89. The van der Waals surface area contributed by atoms with E-state index in [-0.39, 0.29) is 29.7 Å². The maximum absolute atomic E-state index is 14.3. The molecule has 186 valence electrons. The highest BCUT2D eigenvalue weighted by molar-refractivity contribution is 6.09. The van der Waals surface area contributed by atoms with Gasteiger partial charge in [-0.05, 0) is 68.9 Å². The molecule has 0 aliphatic heterocycles. The number of halogens is 2. The predicted octanol–water partition coefficient (Wildman–Crippen LogP) is 8.81. The minimum Gasteiger partial charge on any atom is -0.504 e. The first kappa shape index (κ1) is 23.7. The number of rotatable bonds is 6. The van der Waals surface area contributed by atoms with Crippen LogP contribution in [-0.4, -0.2) is 5.11 Å². The van der Waals surface area contributed by atoms with Gasteiger partial charge in [0.05, 0.1) is 0 Å². The van der Waals surface area contributed by atoms with Crippen LogP contribution in [0.2, 0.25) is 0 Å². The van der Waals surface area contributed by atoms with Gasteiger partial charge in [-0.2, -0.15) is 0 Å². The fourth-order valence-electron chi connectivity index (χ4n) is 5.03. The molecule has 0 atom stereocenters. The molecule has 6 rings (SSSR count). The van der Waals surface area contributed by atoms with E-state index >= 15 is 0 Å². The van der Waals surface area contributed by atoms with Crippen LogP contribution in [0.5, 0.6) is 11.5 Å². The molecule has 0 aromatic heterocycles. The summed E-state index contributed by atoms with van der Waals surface area (Å²) in [5.74, 6) is -0.362. The van der Waals surface area contributed by atoms with Gasteiger partial charge in [-0.3, -0.25) is 0 Å². The zero-order valence-corrected chi connectivity index (χ0v) is 20.5. The average Bonchev–Trinajstić information content (AvgIpc) is 2.94. The van der Waals surface area contributed by atoms with Crippen LogP contribution in [-0.2, 0) is 13.0 Å². The second-order valence-corrected chi connectivity index (χ2v) is 9.32. The van der Waals surface area contributed by atoms with E-state index < -0.39 is 0 Å². The van der Waals surface area contributed by atoms with Crippen LogP contribution in [0.3, 0.4) is 0 Å². The third-order valence-corrected chi connectivity index (χ3v) is 6.90. The Morgan fingerprint density at radius 3 is 2.03 bits per heavy atom. The Bertz CT molecular complexity index is 1770. The summed E-state index contributed by atoms with van der Waals surface area (Å²) >= 11 is 0. The highest BCUT2D eigenvalue weighted by Crippen LogP contribution is 2.47. The number of fused-ring (bicyclic) bond motifs is 2. The normalized spacial score (nSPS) is 11.2. The van der Waals surface area contributed by atoms with Crippen LogP contribution in [0.25, 0.3) is 32.7 Å². The van der Waals surface area contributed by atoms with Crippen molar-refractivity contribution in [1.29, 1.82) is 0 Å². The lowest BCUT2D eigenvalue weighted by Gasteiger charge is -2.19. The molecule has 0 saturated carbocycles. The summed E-state index contributed by atoms with van der Waals surface area (Å²) in [6.45, 7) is -0.0179. The van der Waals surface area contributed by atoms with Gasteiger partial charge in [0.2, 0.25) is 0 Å². The van der Waals surface area contributed by atoms with E-state index in [1.807, 2.05) is 48.5 Å². The number of hydrogen-bond acceptors (Lipinski definition) is 2. The maximum Gasteiger partial charge on any atom is 0.166 e. The molecule has 0 aliphatic carbocycles. The predicted molar refractivity (Wildman–Crippen MR) is 148 cm³/mol. The van der Waals surface area contributed by atoms with Crippen molar-refractivity contribution in [3.63, 3.8) is 0 Å². The number of benzene rings is 6. The summed E-state index contributed by atoms with van der Waals surface area (Å²) in [7, 11) is 0. The van der Waals surface area contributed by atoms with Crippen LogP contribution < -0.4 is 4.74 Å². The van der Waals surface area contributed by atoms with Gasteiger partial charge >= 0.3 is 0 Å². The van der Waals surface area contributed by atoms with Crippen molar-refractivity contribution in [3.8, 4) is 22.6 Å². The molecule has 0 unspecified atom stereocenters. The third kappa shape index (κ3) is 4.46. The minimum absolute atomic E-state index is 0.00301. The second-order valence-electron chi connectivity index (χ2n) is 9.32. The smallest absolute Gasteiger partial charge is 0.166 e. The van der Waals surface area contributed by atoms with Crippen molar-refractivity contribution in [2.45, 2.75) is 13.0 Å². The topological polar surface area (TPSA) is 29.5 Å². The first-order valence-electron chi connectivity index (χ1n) is 12.4. The summed E-state index contributed by atoms with van der Waals surface area (Å²) in [4.78, 5) is 0. The molecular formula is C34H24F2O2. The number of aromatic hydroxyl groups is 1. The highest BCUT2D eigenvalue weighted by Gasteiger charge is 2.21. The molecule has 0 radical (unpaired) electrons. The fraction of sp³-hybridized carbons (Fsp3) is 0.0588. The summed E-state index contributed by atoms with van der Waals surface area (Å²) < 4.78 is 33.9. The second kappa shape index (κ2) is 9.98. The van der Waals surface area contributed by atoms with Crippen molar-refractivity contribution in [2.75, 3.05) is 0 Å². The number of phenols is 1. The van der Waals surface area contributed by atoms with E-state index in [1.165, 1.54) is 18.2 Å². The monoisotopic (exact) mass is 502 g/mol. The van der Waals surface area contributed by atoms with Gasteiger partial charge in [0.15, 0.2) is 11.5 Å². The molecule has 2 nitrogen and oxygen atoms in total. The van der Waals surface area contributed by atoms with Gasteiger partial charge in [0.25, 0.3) is 0 Å². The van der Waals surface area contributed by atoms with Crippen LogP contribution >= 0.6 is 0 Å². The summed E-state index contributed by atoms with van der Waals surface area (Å²) in [6.07, 6.45) is 0.550. The number of ether oxygens (including phenoxy) is 1. The van der Waals surface area contributed by atoms with Crippen LogP contribution in [0.1, 0.15) is 16.7 Å². The van der Waals surface area contributed by atoms with E-state index in [4.69, 9.17) is 4.74 Å². The van der Waals surface area contributed by atoms with Crippen molar-refractivity contribution >= 4 is 21.5 Å². The molecule has 1 N–H and O–H groups in total. The summed E-state index contributed by atoms with van der Waals surface area (Å²) in [5, 5.41) is 15.5. The first-order chi connectivity index (χ1) is 18.6. The molecule has 38 heavy (non-hydrogen) atoms. The van der Waals surface area contributed by atoms with Gasteiger partial charge in [-0.25, -0.2) is 8.78 Å². The Morgan fingerprint density at radius 2 is 1.26 bits per heavy atom. The van der Waals surface area contributed by atoms with Gasteiger partial charge in [-0.1, -0.05) is 91.0 Å². The lowest BCUT2D eigenvalue weighted by atomic mass is 9.87. The van der Waals surface area contributed by atoms with Crippen LogP contribution in [0.4, 0.5) is 8.78 Å². The van der Waals surface area contributed by atoms with E-state index in [0.717, 1.165) is 38.2 Å². The maximum atomic E-state index is 14.3. The lowest BCUT2D eigenvalue weighted by molar-refractivity contribution is 0.285. The minimum atomic E-state index is -0.358. The molecule has 0 fully saturated rings. The molecule has 4 heteroatoms. The lowest BCUT2D eigenvalue weighted by Crippen LogP contribution is -2.00. The molecule has 6 aromatic rings. The standard InChI is InChI=1S/C34H24F2O2/c35-27-17-13-22(14-18-27)19-25-16-15-23-7-1-4-10-28(23)32(25)33-29-11-5-2-8-24(29)20-31(34(33)37)38-21-26-9-3-6-12-30(26)36/h1-18,20,37H,19,21H2. The molecule has 0 bridgehead atoms. The van der Waals surface area contributed by atoms with E-state index in [0.29, 0.717) is 17.5 Å². The molecule has 0 saturated heterocycles. The molecular weight excluding hydrogens is 478 g/mol. The largest absolute Gasteiger partial charge is 0.504 e. The van der Waals surface area contributed by atoms with Crippen molar-refractivity contribution in [3.05, 3.63) is 144 Å². The van der Waals surface area contributed by atoms with Crippen LogP contribution in [0, 0.1) is 11.6 Å². The SMILES string of the molecule is Oc1c(OCc2ccccc2F)cc2ccccc2c1-c1c(Cc2ccc(F)cc2)ccc2ccccc12. The number of hydrogen-bond donors (Lipinski definition) is 1. The van der Waals surface area contributed by atoms with Crippen molar-refractivity contribution in [1.82, 2.24) is 0 Å². The molecule has 0 spiro atoms. The van der Waals surface area contributed by atoms with Gasteiger partial charge in [-0.15, -0.1) is 0 Å². The highest BCUT2D eigenvalue weighted by atomic mass is 19.1. The average molecular weight is 503 g/mol. The molecule has 0 heterocycles. The van der Waals surface area contributed by atoms with E-state index in [9.17, 15) is 13.9 Å². The Morgan fingerprint density at radius 1 is 0.605 bits per heavy atom. The first-order valence-corrected chi connectivity index (χ1v) is 12.4. The zero-order chi connectivity index (χ0) is 26.1. The fourth-order valence-corrected chi connectivity index (χ4v) is 5.03. The Labute approximate surface area is 219 Å². The quantitative estimate of drug-likeness (QED) is 0.247.